The minimum absolute atomic E-state index is 0.0687. The van der Waals surface area contributed by atoms with E-state index in [1.807, 2.05) is 35.2 Å². The van der Waals surface area contributed by atoms with Crippen molar-refractivity contribution in [3.8, 4) is 0 Å². The van der Waals surface area contributed by atoms with Gasteiger partial charge in [-0.15, -0.1) is 11.8 Å². The largest absolute Gasteiger partial charge is 0.445 e. The highest BCUT2D eigenvalue weighted by molar-refractivity contribution is 7.99. The van der Waals surface area contributed by atoms with Crippen molar-refractivity contribution >= 4 is 23.8 Å². The summed E-state index contributed by atoms with van der Waals surface area (Å²) in [4.78, 5) is 28.2. The maximum Gasteiger partial charge on any atom is 0.410 e. The van der Waals surface area contributed by atoms with E-state index >= 15 is 0 Å². The van der Waals surface area contributed by atoms with Gasteiger partial charge in [0.2, 0.25) is 5.91 Å². The van der Waals surface area contributed by atoms with Crippen molar-refractivity contribution in [2.24, 2.45) is 0 Å². The number of rotatable bonds is 3. The fourth-order valence-electron chi connectivity index (χ4n) is 2.84. The van der Waals surface area contributed by atoms with E-state index in [1.165, 1.54) is 0 Å². The summed E-state index contributed by atoms with van der Waals surface area (Å²) in [6.07, 6.45) is 1.21. The van der Waals surface area contributed by atoms with Crippen LogP contribution < -0.4 is 0 Å². The Morgan fingerprint density at radius 2 is 2.05 bits per heavy atom. The Morgan fingerprint density at radius 3 is 2.77 bits per heavy atom. The van der Waals surface area contributed by atoms with Crippen molar-refractivity contribution < 1.29 is 14.3 Å². The average molecular weight is 320 g/mol. The van der Waals surface area contributed by atoms with Crippen molar-refractivity contribution in [1.82, 2.24) is 9.80 Å². The van der Waals surface area contributed by atoms with Crippen LogP contribution in [0.2, 0.25) is 0 Å². The molecule has 0 bridgehead atoms. The summed E-state index contributed by atoms with van der Waals surface area (Å²) in [6.45, 7) is 1.63. The molecule has 1 aromatic carbocycles. The Hall–Kier alpha value is -1.69. The smallest absolute Gasteiger partial charge is 0.410 e. The molecule has 0 spiro atoms. The lowest BCUT2D eigenvalue weighted by Gasteiger charge is -2.26. The molecule has 3 rings (SSSR count). The van der Waals surface area contributed by atoms with Gasteiger partial charge < -0.3 is 9.64 Å². The summed E-state index contributed by atoms with van der Waals surface area (Å²) in [5.41, 5.74) is 0.953. The first-order valence-corrected chi connectivity index (χ1v) is 8.75. The van der Waals surface area contributed by atoms with E-state index in [2.05, 4.69) is 0 Å². The van der Waals surface area contributed by atoms with Crippen molar-refractivity contribution in [2.75, 3.05) is 24.7 Å². The molecule has 0 aromatic heterocycles. The quantitative estimate of drug-likeness (QED) is 0.857. The first-order chi connectivity index (χ1) is 10.8. The van der Waals surface area contributed by atoms with Crippen molar-refractivity contribution in [3.05, 3.63) is 35.9 Å². The van der Waals surface area contributed by atoms with Gasteiger partial charge in [0.25, 0.3) is 0 Å². The second kappa shape index (κ2) is 7.05. The fraction of sp³-hybridized carbons (Fsp3) is 0.500. The van der Waals surface area contributed by atoms with E-state index in [0.717, 1.165) is 36.6 Å². The number of hydrogen-bond acceptors (Lipinski definition) is 4. The van der Waals surface area contributed by atoms with Crippen LogP contribution in [0.3, 0.4) is 0 Å². The lowest BCUT2D eigenvalue weighted by molar-refractivity contribution is -0.134. The molecule has 2 fully saturated rings. The first-order valence-electron chi connectivity index (χ1n) is 7.59. The molecule has 2 aliphatic heterocycles. The first kappa shape index (κ1) is 15.2. The number of ether oxygens (including phenoxy) is 1. The third-order valence-corrected chi connectivity index (χ3v) is 5.01. The van der Waals surface area contributed by atoms with Crippen LogP contribution in [-0.2, 0) is 16.1 Å². The van der Waals surface area contributed by atoms with Crippen LogP contribution in [-0.4, -0.2) is 52.6 Å². The molecule has 2 aliphatic rings. The number of amides is 2. The molecule has 2 heterocycles. The number of likely N-dealkylation sites (tertiary alicyclic amines) is 1. The van der Waals surface area contributed by atoms with E-state index in [0.29, 0.717) is 6.54 Å². The van der Waals surface area contributed by atoms with Crippen LogP contribution in [0.15, 0.2) is 30.3 Å². The summed E-state index contributed by atoms with van der Waals surface area (Å²) in [6, 6.07) is 9.24. The summed E-state index contributed by atoms with van der Waals surface area (Å²) in [7, 11) is 0. The molecule has 0 saturated carbocycles. The predicted octanol–water partition coefficient (Wildman–Crippen LogP) is 2.32. The molecule has 2 amide bonds. The highest BCUT2D eigenvalue weighted by atomic mass is 32.2. The Balaban J connectivity index is 1.57. The van der Waals surface area contributed by atoms with Gasteiger partial charge in [-0.1, -0.05) is 30.3 Å². The SMILES string of the molecule is O=C([C@@H]1CCCN1C(=O)OCc1ccccc1)N1CCSC1. The van der Waals surface area contributed by atoms with Gasteiger partial charge in [0.05, 0.1) is 5.88 Å². The Labute approximate surface area is 134 Å². The summed E-state index contributed by atoms with van der Waals surface area (Å²) in [5, 5.41) is 0. The van der Waals surface area contributed by atoms with Crippen LogP contribution in [0.25, 0.3) is 0 Å². The second-order valence-corrected chi connectivity index (χ2v) is 6.61. The van der Waals surface area contributed by atoms with E-state index in [4.69, 9.17) is 4.74 Å². The van der Waals surface area contributed by atoms with Crippen LogP contribution in [0.4, 0.5) is 4.79 Å². The van der Waals surface area contributed by atoms with Gasteiger partial charge >= 0.3 is 6.09 Å². The van der Waals surface area contributed by atoms with Gasteiger partial charge in [-0.05, 0) is 18.4 Å². The Morgan fingerprint density at radius 1 is 1.23 bits per heavy atom. The van der Waals surface area contributed by atoms with Gasteiger partial charge in [-0.25, -0.2) is 4.79 Å². The second-order valence-electron chi connectivity index (χ2n) is 5.53. The number of hydrogen-bond donors (Lipinski definition) is 0. The van der Waals surface area contributed by atoms with Gasteiger partial charge in [0.1, 0.15) is 12.6 Å². The molecule has 5 nitrogen and oxygen atoms in total. The van der Waals surface area contributed by atoms with Crippen molar-refractivity contribution in [2.45, 2.75) is 25.5 Å². The summed E-state index contributed by atoms with van der Waals surface area (Å²) < 4.78 is 5.37. The molecule has 0 aliphatic carbocycles. The molecule has 22 heavy (non-hydrogen) atoms. The number of carbonyl (C=O) groups excluding carboxylic acids is 2. The van der Waals surface area contributed by atoms with Crippen LogP contribution in [0.1, 0.15) is 18.4 Å². The average Bonchev–Trinajstić information content (AvgIpc) is 3.24. The monoisotopic (exact) mass is 320 g/mol. The maximum absolute atomic E-state index is 12.5. The van der Waals surface area contributed by atoms with Gasteiger partial charge in [0, 0.05) is 18.8 Å². The Bertz CT molecular complexity index is 531. The highest BCUT2D eigenvalue weighted by Gasteiger charge is 2.38. The minimum atomic E-state index is -0.383. The van der Waals surface area contributed by atoms with Crippen LogP contribution in [0.5, 0.6) is 0 Å². The molecular weight excluding hydrogens is 300 g/mol. The lowest BCUT2D eigenvalue weighted by atomic mass is 10.2. The zero-order valence-corrected chi connectivity index (χ0v) is 13.3. The molecule has 0 N–H and O–H groups in total. The topological polar surface area (TPSA) is 49.9 Å². The fourth-order valence-corrected chi connectivity index (χ4v) is 3.80. The number of nitrogens with zero attached hydrogens (tertiary/aromatic N) is 2. The van der Waals surface area contributed by atoms with E-state index in [9.17, 15) is 9.59 Å². The summed E-state index contributed by atoms with van der Waals surface area (Å²) in [5.74, 6) is 1.79. The van der Waals surface area contributed by atoms with Crippen LogP contribution in [0, 0.1) is 0 Å². The van der Waals surface area contributed by atoms with Crippen molar-refractivity contribution in [3.63, 3.8) is 0 Å². The number of benzene rings is 1. The van der Waals surface area contributed by atoms with Crippen LogP contribution >= 0.6 is 11.8 Å². The molecule has 6 heteroatoms. The molecular formula is C16H20N2O3S. The van der Waals surface area contributed by atoms with E-state index in [1.54, 1.807) is 16.7 Å². The molecule has 118 valence electrons. The molecule has 2 saturated heterocycles. The highest BCUT2D eigenvalue weighted by Crippen LogP contribution is 2.23. The predicted molar refractivity (Wildman–Crippen MR) is 85.4 cm³/mol. The molecule has 1 aromatic rings. The van der Waals surface area contributed by atoms with Gasteiger partial charge in [0.15, 0.2) is 0 Å². The van der Waals surface area contributed by atoms with E-state index in [-0.39, 0.29) is 24.6 Å². The zero-order chi connectivity index (χ0) is 15.4. The summed E-state index contributed by atoms with van der Waals surface area (Å²) >= 11 is 1.76. The van der Waals surface area contributed by atoms with Crippen molar-refractivity contribution in [1.29, 1.82) is 0 Å². The molecule has 0 unspecified atom stereocenters. The molecule has 1 atom stereocenters. The number of carbonyl (C=O) groups is 2. The standard InChI is InChI=1S/C16H20N2O3S/c19-15(17-9-10-22-12-17)14-7-4-8-18(14)16(20)21-11-13-5-2-1-3-6-13/h1-3,5-6,14H,4,7-12H2/t14-/m0/s1. The minimum Gasteiger partial charge on any atom is -0.445 e. The third kappa shape index (κ3) is 3.38. The molecule has 0 radical (unpaired) electrons. The lowest BCUT2D eigenvalue weighted by Crippen LogP contribution is -2.47. The van der Waals surface area contributed by atoms with Gasteiger partial charge in [-0.2, -0.15) is 0 Å². The number of thioether (sulfide) groups is 1. The maximum atomic E-state index is 12.5. The Kier molecular flexibility index (Phi) is 4.87. The van der Waals surface area contributed by atoms with E-state index < -0.39 is 0 Å². The normalized spacial score (nSPS) is 21.2. The zero-order valence-electron chi connectivity index (χ0n) is 12.4. The van der Waals surface area contributed by atoms with Gasteiger partial charge in [-0.3, -0.25) is 9.69 Å². The third-order valence-electron chi connectivity index (χ3n) is 4.04.